The van der Waals surface area contributed by atoms with Gasteiger partial charge in [0.25, 0.3) is 11.6 Å². The maximum absolute atomic E-state index is 12.9. The Morgan fingerprint density at radius 2 is 1.94 bits per heavy atom. The molecule has 180 valence electrons. The zero-order valence-corrected chi connectivity index (χ0v) is 19.3. The molecule has 2 aromatic carbocycles. The van der Waals surface area contributed by atoms with Crippen molar-refractivity contribution in [3.05, 3.63) is 86.9 Å². The number of nitro benzene ring substituents is 1. The minimum atomic E-state index is -0.491. The highest BCUT2D eigenvalue weighted by atomic mass is 16.6. The largest absolute Gasteiger partial charge is 0.497 e. The molecule has 4 rings (SSSR count). The Bertz CT molecular complexity index is 1310. The van der Waals surface area contributed by atoms with Crippen molar-refractivity contribution in [1.29, 1.82) is 0 Å². The number of carbonyl (C=O) groups excluding carboxylic acids is 2. The number of rotatable bonds is 7. The molecule has 2 N–H and O–H groups in total. The number of furan rings is 1. The number of carbonyl (C=O) groups is 2. The number of ether oxygens (including phenoxy) is 1. The molecule has 35 heavy (non-hydrogen) atoms. The van der Waals surface area contributed by atoms with E-state index in [0.29, 0.717) is 46.9 Å². The van der Waals surface area contributed by atoms with Crippen molar-refractivity contribution in [3.8, 4) is 5.75 Å². The topological polar surface area (TPSA) is 136 Å². The number of nitro groups is 1. The van der Waals surface area contributed by atoms with E-state index in [1.807, 2.05) is 0 Å². The molecule has 1 aromatic heterocycles. The van der Waals surface area contributed by atoms with E-state index in [0.717, 1.165) is 12.0 Å². The van der Waals surface area contributed by atoms with Crippen LogP contribution in [0.1, 0.15) is 45.8 Å². The zero-order chi connectivity index (χ0) is 24.9. The monoisotopic (exact) mass is 476 g/mol. The van der Waals surface area contributed by atoms with E-state index in [2.05, 4.69) is 15.8 Å². The van der Waals surface area contributed by atoms with Crippen molar-refractivity contribution in [1.82, 2.24) is 5.43 Å². The number of hydrogen-bond acceptors (Lipinski definition) is 7. The van der Waals surface area contributed by atoms with Crippen LogP contribution in [0.25, 0.3) is 0 Å². The van der Waals surface area contributed by atoms with Gasteiger partial charge in [0.05, 0.1) is 24.2 Å². The second-order valence-corrected chi connectivity index (χ2v) is 8.09. The maximum Gasteiger partial charge on any atom is 0.291 e. The fraction of sp³-hybridized carbons (Fsp3) is 0.240. The van der Waals surface area contributed by atoms with Gasteiger partial charge in [0.2, 0.25) is 5.91 Å². The highest BCUT2D eigenvalue weighted by molar-refractivity contribution is 6.09. The van der Waals surface area contributed by atoms with E-state index in [1.165, 1.54) is 24.3 Å². The Morgan fingerprint density at radius 3 is 2.66 bits per heavy atom. The summed E-state index contributed by atoms with van der Waals surface area (Å²) >= 11 is 0. The van der Waals surface area contributed by atoms with Gasteiger partial charge in [-0.3, -0.25) is 19.7 Å². The van der Waals surface area contributed by atoms with Crippen molar-refractivity contribution >= 4 is 28.9 Å². The maximum atomic E-state index is 12.9. The molecule has 0 atom stereocenters. The minimum Gasteiger partial charge on any atom is -0.497 e. The van der Waals surface area contributed by atoms with Gasteiger partial charge in [0.15, 0.2) is 5.76 Å². The van der Waals surface area contributed by atoms with Crippen molar-refractivity contribution in [3.63, 3.8) is 0 Å². The fourth-order valence-electron chi connectivity index (χ4n) is 3.98. The smallest absolute Gasteiger partial charge is 0.291 e. The molecule has 0 fully saturated rings. The number of hydrazone groups is 1. The normalized spacial score (nSPS) is 13.7. The van der Waals surface area contributed by atoms with E-state index in [9.17, 15) is 19.7 Å². The Kier molecular flexibility index (Phi) is 6.91. The van der Waals surface area contributed by atoms with Gasteiger partial charge < -0.3 is 14.5 Å². The van der Waals surface area contributed by atoms with E-state index in [-0.39, 0.29) is 29.7 Å². The fourth-order valence-corrected chi connectivity index (χ4v) is 3.98. The van der Waals surface area contributed by atoms with Crippen LogP contribution >= 0.6 is 0 Å². The number of anilines is 1. The van der Waals surface area contributed by atoms with Crippen LogP contribution in [0.2, 0.25) is 0 Å². The first-order valence-electron chi connectivity index (χ1n) is 11.0. The molecule has 0 radical (unpaired) electrons. The van der Waals surface area contributed by atoms with Gasteiger partial charge in [-0.2, -0.15) is 5.10 Å². The molecule has 1 heterocycles. The van der Waals surface area contributed by atoms with Crippen LogP contribution in [-0.4, -0.2) is 29.6 Å². The van der Waals surface area contributed by atoms with Gasteiger partial charge in [-0.15, -0.1) is 0 Å². The molecule has 0 aliphatic heterocycles. The Hall–Kier alpha value is -4.47. The predicted molar refractivity (Wildman–Crippen MR) is 129 cm³/mol. The Labute approximate surface area is 201 Å². The number of nitrogens with one attached hydrogen (secondary N) is 2. The summed E-state index contributed by atoms with van der Waals surface area (Å²) in [6.07, 6.45) is 2.09. The standard InChI is InChI=1S/C25H24N4O6/c1-15-23-20(27-28-22(30)13-16-9-11-18(12-10-16)29(32)33)7-4-8-21(23)35-24(15)25(31)26-17-5-3-6-19(14-17)34-2/h3,5-6,9-12,14H,4,7-8,13H2,1-2H3,(H,26,31)(H,28,30)/b27-20+. The average molecular weight is 476 g/mol. The Balaban J connectivity index is 1.47. The summed E-state index contributed by atoms with van der Waals surface area (Å²) in [5, 5.41) is 17.9. The van der Waals surface area contributed by atoms with Gasteiger partial charge >= 0.3 is 0 Å². The summed E-state index contributed by atoms with van der Waals surface area (Å²) in [4.78, 5) is 35.6. The van der Waals surface area contributed by atoms with Gasteiger partial charge in [0.1, 0.15) is 11.5 Å². The average Bonchev–Trinajstić information content (AvgIpc) is 3.20. The highest BCUT2D eigenvalue weighted by Crippen LogP contribution is 2.30. The zero-order valence-electron chi connectivity index (χ0n) is 19.3. The third kappa shape index (κ3) is 5.37. The molecule has 2 amide bonds. The molecular weight excluding hydrogens is 452 g/mol. The summed E-state index contributed by atoms with van der Waals surface area (Å²) < 4.78 is 11.1. The number of nitrogens with zero attached hydrogens (tertiary/aromatic N) is 2. The van der Waals surface area contributed by atoms with Crippen LogP contribution < -0.4 is 15.5 Å². The first-order chi connectivity index (χ1) is 16.9. The van der Waals surface area contributed by atoms with E-state index < -0.39 is 4.92 Å². The lowest BCUT2D eigenvalue weighted by Gasteiger charge is -2.13. The number of hydrogen-bond donors (Lipinski definition) is 2. The molecule has 1 aliphatic carbocycles. The van der Waals surface area contributed by atoms with Gasteiger partial charge in [0, 0.05) is 41.4 Å². The van der Waals surface area contributed by atoms with Crippen molar-refractivity contribution in [2.75, 3.05) is 12.4 Å². The van der Waals surface area contributed by atoms with E-state index >= 15 is 0 Å². The van der Waals surface area contributed by atoms with Gasteiger partial charge in [-0.25, -0.2) is 5.43 Å². The quantitative estimate of drug-likeness (QED) is 0.388. The number of methoxy groups -OCH3 is 1. The molecule has 1 aliphatic rings. The van der Waals surface area contributed by atoms with Gasteiger partial charge in [-0.05, 0) is 37.5 Å². The minimum absolute atomic E-state index is 0.0280. The summed E-state index contributed by atoms with van der Waals surface area (Å²) in [6.45, 7) is 1.79. The van der Waals surface area contributed by atoms with Crippen LogP contribution in [0.5, 0.6) is 5.75 Å². The number of aryl methyl sites for hydroxylation is 1. The second-order valence-electron chi connectivity index (χ2n) is 8.09. The van der Waals surface area contributed by atoms with Crippen molar-refractivity contribution in [2.24, 2.45) is 5.10 Å². The van der Waals surface area contributed by atoms with Crippen LogP contribution in [0.3, 0.4) is 0 Å². The molecule has 0 bridgehead atoms. The van der Waals surface area contributed by atoms with Crippen LogP contribution in [0.15, 0.2) is 58.0 Å². The molecule has 0 spiro atoms. The number of amides is 2. The molecule has 0 unspecified atom stereocenters. The van der Waals surface area contributed by atoms with Crippen LogP contribution in [0.4, 0.5) is 11.4 Å². The molecule has 10 heteroatoms. The third-order valence-electron chi connectivity index (χ3n) is 5.69. The molecule has 3 aromatic rings. The first-order valence-corrected chi connectivity index (χ1v) is 11.0. The van der Waals surface area contributed by atoms with Crippen molar-refractivity contribution < 1.29 is 23.7 Å². The third-order valence-corrected chi connectivity index (χ3v) is 5.69. The van der Waals surface area contributed by atoms with Gasteiger partial charge in [-0.1, -0.05) is 18.2 Å². The second kappa shape index (κ2) is 10.2. The first kappa shape index (κ1) is 23.7. The highest BCUT2D eigenvalue weighted by Gasteiger charge is 2.28. The summed E-state index contributed by atoms with van der Waals surface area (Å²) in [5.74, 6) is 0.747. The lowest BCUT2D eigenvalue weighted by Crippen LogP contribution is -2.23. The van der Waals surface area contributed by atoms with E-state index in [4.69, 9.17) is 9.15 Å². The van der Waals surface area contributed by atoms with Crippen LogP contribution in [0, 0.1) is 17.0 Å². The lowest BCUT2D eigenvalue weighted by atomic mass is 9.93. The predicted octanol–water partition coefficient (Wildman–Crippen LogP) is 4.16. The number of benzene rings is 2. The SMILES string of the molecule is COc1cccc(NC(=O)c2oc3c(c2C)/C(=N/NC(=O)Cc2ccc([N+](=O)[O-])cc2)CCC3)c1. The number of fused-ring (bicyclic) bond motifs is 1. The number of non-ortho nitro benzene ring substituents is 1. The van der Waals surface area contributed by atoms with Crippen molar-refractivity contribution in [2.45, 2.75) is 32.6 Å². The summed E-state index contributed by atoms with van der Waals surface area (Å²) in [7, 11) is 1.55. The van der Waals surface area contributed by atoms with E-state index in [1.54, 1.807) is 38.3 Å². The summed E-state index contributed by atoms with van der Waals surface area (Å²) in [5.41, 5.74) is 5.77. The van der Waals surface area contributed by atoms with Crippen LogP contribution in [-0.2, 0) is 17.6 Å². The Morgan fingerprint density at radius 1 is 1.17 bits per heavy atom. The molecule has 0 saturated heterocycles. The molecule has 10 nitrogen and oxygen atoms in total. The summed E-state index contributed by atoms with van der Waals surface area (Å²) in [6, 6.07) is 12.8. The molecular formula is C25H24N4O6. The lowest BCUT2D eigenvalue weighted by molar-refractivity contribution is -0.384. The molecule has 0 saturated carbocycles.